The summed E-state index contributed by atoms with van der Waals surface area (Å²) in [6, 6.07) is 6.56. The van der Waals surface area contributed by atoms with E-state index in [2.05, 4.69) is 20.4 Å². The van der Waals surface area contributed by atoms with Gasteiger partial charge in [0.2, 0.25) is 0 Å². The lowest BCUT2D eigenvalue weighted by atomic mass is 10.1. The molecule has 0 N–H and O–H groups in total. The quantitative estimate of drug-likeness (QED) is 0.384. The van der Waals surface area contributed by atoms with Crippen LogP contribution in [0.25, 0.3) is 0 Å². The summed E-state index contributed by atoms with van der Waals surface area (Å²) >= 11 is 0. The van der Waals surface area contributed by atoms with Crippen LogP contribution in [0.1, 0.15) is 60.7 Å². The van der Waals surface area contributed by atoms with Crippen LogP contribution in [0.3, 0.4) is 0 Å². The molecule has 4 heteroatoms. The minimum atomic E-state index is -0.513. The Morgan fingerprint density at radius 1 is 1.04 bits per heavy atom. The molecule has 0 aliphatic rings. The van der Waals surface area contributed by atoms with E-state index >= 15 is 0 Å². The van der Waals surface area contributed by atoms with E-state index < -0.39 is 11.9 Å². The van der Waals surface area contributed by atoms with E-state index in [0.717, 1.165) is 18.4 Å². The molecule has 0 aliphatic heterocycles. The lowest BCUT2D eigenvalue weighted by Gasteiger charge is -2.10. The lowest BCUT2D eigenvalue weighted by molar-refractivity contribution is 0.0454. The summed E-state index contributed by atoms with van der Waals surface area (Å²) in [4.78, 5) is 24.3. The maximum atomic E-state index is 12.2. The minimum absolute atomic E-state index is 0.239. The van der Waals surface area contributed by atoms with Crippen molar-refractivity contribution in [3.63, 3.8) is 0 Å². The fraction of sp³-hybridized carbons (Fsp3) is 0.474. The van der Waals surface area contributed by atoms with E-state index in [1.807, 2.05) is 6.92 Å². The van der Waals surface area contributed by atoms with E-state index in [9.17, 15) is 9.59 Å². The molecular weight excluding hydrogens is 292 g/mol. The Hall–Kier alpha value is -2.10. The molecule has 0 aliphatic carbocycles. The number of ether oxygens (including phenoxy) is 2. The van der Waals surface area contributed by atoms with Crippen LogP contribution in [0, 0.1) is 5.92 Å². The number of hydrogen-bond donors (Lipinski definition) is 0. The zero-order chi connectivity index (χ0) is 17.2. The second-order valence-electron chi connectivity index (χ2n) is 6.06. The predicted molar refractivity (Wildman–Crippen MR) is 90.5 cm³/mol. The molecule has 0 bridgehead atoms. The van der Waals surface area contributed by atoms with Gasteiger partial charge in [0.25, 0.3) is 0 Å². The molecule has 1 rings (SSSR count). The van der Waals surface area contributed by atoms with Gasteiger partial charge in [0, 0.05) is 6.42 Å². The highest BCUT2D eigenvalue weighted by Gasteiger charge is 2.18. The first-order valence-corrected chi connectivity index (χ1v) is 7.99. The molecule has 0 saturated heterocycles. The van der Waals surface area contributed by atoms with E-state index in [0.29, 0.717) is 18.9 Å². The molecule has 0 radical (unpaired) electrons. The van der Waals surface area contributed by atoms with Crippen LogP contribution in [-0.4, -0.2) is 25.2 Å². The predicted octanol–water partition coefficient (Wildman–Crippen LogP) is 4.40. The van der Waals surface area contributed by atoms with Gasteiger partial charge >= 0.3 is 11.9 Å². The van der Waals surface area contributed by atoms with Crippen molar-refractivity contribution in [2.75, 3.05) is 13.2 Å². The summed E-state index contributed by atoms with van der Waals surface area (Å²) in [7, 11) is 0. The van der Waals surface area contributed by atoms with Crippen LogP contribution in [0.2, 0.25) is 0 Å². The van der Waals surface area contributed by atoms with Crippen molar-refractivity contribution in [3.8, 4) is 0 Å². The molecular formula is C19H26O4. The van der Waals surface area contributed by atoms with Crippen molar-refractivity contribution in [1.82, 2.24) is 0 Å². The molecule has 23 heavy (non-hydrogen) atoms. The number of carbonyl (C=O) groups is 2. The van der Waals surface area contributed by atoms with Gasteiger partial charge in [0.15, 0.2) is 0 Å². The van der Waals surface area contributed by atoms with Gasteiger partial charge in [-0.05, 0) is 37.8 Å². The third-order valence-corrected chi connectivity index (χ3v) is 3.29. The van der Waals surface area contributed by atoms with Crippen molar-refractivity contribution in [3.05, 3.63) is 47.5 Å². The molecule has 126 valence electrons. The fourth-order valence-electron chi connectivity index (χ4n) is 1.97. The molecule has 0 saturated carbocycles. The van der Waals surface area contributed by atoms with E-state index in [4.69, 9.17) is 9.47 Å². The lowest BCUT2D eigenvalue weighted by Crippen LogP contribution is -2.15. The van der Waals surface area contributed by atoms with Crippen molar-refractivity contribution in [2.45, 2.75) is 40.0 Å². The fourth-order valence-corrected chi connectivity index (χ4v) is 1.97. The Morgan fingerprint density at radius 3 is 2.04 bits per heavy atom. The van der Waals surface area contributed by atoms with E-state index in [1.165, 1.54) is 0 Å². The normalized spacial score (nSPS) is 10.4. The van der Waals surface area contributed by atoms with E-state index in [-0.39, 0.29) is 17.7 Å². The SMILES string of the molecule is C=C(C)CCOC(=O)c1ccccc1C(=O)OCCCC(C)C. The van der Waals surface area contributed by atoms with Crippen molar-refractivity contribution in [1.29, 1.82) is 0 Å². The number of hydrogen-bond acceptors (Lipinski definition) is 4. The number of esters is 2. The first-order valence-electron chi connectivity index (χ1n) is 7.99. The van der Waals surface area contributed by atoms with E-state index in [1.54, 1.807) is 24.3 Å². The van der Waals surface area contributed by atoms with Crippen LogP contribution >= 0.6 is 0 Å². The molecule has 0 spiro atoms. The van der Waals surface area contributed by atoms with Crippen LogP contribution in [0.5, 0.6) is 0 Å². The van der Waals surface area contributed by atoms with Gasteiger partial charge in [0.1, 0.15) is 0 Å². The van der Waals surface area contributed by atoms with Crippen LogP contribution in [0.15, 0.2) is 36.4 Å². The second-order valence-corrected chi connectivity index (χ2v) is 6.06. The van der Waals surface area contributed by atoms with Crippen molar-refractivity contribution < 1.29 is 19.1 Å². The molecule has 0 unspecified atom stereocenters. The van der Waals surface area contributed by atoms with Gasteiger partial charge in [-0.25, -0.2) is 9.59 Å². The molecule has 0 amide bonds. The molecule has 4 nitrogen and oxygen atoms in total. The number of carbonyl (C=O) groups excluding carboxylic acids is 2. The molecule has 1 aromatic carbocycles. The summed E-state index contributed by atoms with van der Waals surface area (Å²) in [5.41, 5.74) is 1.43. The Labute approximate surface area is 138 Å². The summed E-state index contributed by atoms with van der Waals surface area (Å²) in [6.45, 7) is 10.5. The van der Waals surface area contributed by atoms with Gasteiger partial charge in [-0.15, -0.1) is 6.58 Å². The Balaban J connectivity index is 2.63. The smallest absolute Gasteiger partial charge is 0.339 e. The van der Waals surface area contributed by atoms with Gasteiger partial charge in [0.05, 0.1) is 24.3 Å². The standard InChI is InChI=1S/C19H26O4/c1-14(2)8-7-12-22-18(20)16-9-5-6-10-17(16)19(21)23-13-11-15(3)4/h5-6,9-10,14H,3,7-8,11-13H2,1-2,4H3. The zero-order valence-electron chi connectivity index (χ0n) is 14.3. The van der Waals surface area contributed by atoms with Crippen LogP contribution in [-0.2, 0) is 9.47 Å². The van der Waals surface area contributed by atoms with Gasteiger partial charge < -0.3 is 9.47 Å². The highest BCUT2D eigenvalue weighted by molar-refractivity contribution is 6.03. The van der Waals surface area contributed by atoms with Gasteiger partial charge in [-0.1, -0.05) is 31.6 Å². The summed E-state index contributed by atoms with van der Waals surface area (Å²) < 4.78 is 10.4. The summed E-state index contributed by atoms with van der Waals surface area (Å²) in [5, 5.41) is 0. The minimum Gasteiger partial charge on any atom is -0.462 e. The third-order valence-electron chi connectivity index (χ3n) is 3.29. The average molecular weight is 318 g/mol. The van der Waals surface area contributed by atoms with Gasteiger partial charge in [-0.2, -0.15) is 0 Å². The Morgan fingerprint density at radius 2 is 1.57 bits per heavy atom. The maximum absolute atomic E-state index is 12.2. The van der Waals surface area contributed by atoms with Crippen LogP contribution < -0.4 is 0 Å². The average Bonchev–Trinajstić information content (AvgIpc) is 2.50. The molecule has 0 aromatic heterocycles. The van der Waals surface area contributed by atoms with Crippen molar-refractivity contribution >= 4 is 11.9 Å². The van der Waals surface area contributed by atoms with Crippen molar-refractivity contribution in [2.24, 2.45) is 5.92 Å². The highest BCUT2D eigenvalue weighted by Crippen LogP contribution is 2.13. The molecule has 1 aromatic rings. The van der Waals surface area contributed by atoms with Gasteiger partial charge in [-0.3, -0.25) is 0 Å². The summed E-state index contributed by atoms with van der Waals surface area (Å²) in [5.74, 6) is -0.425. The largest absolute Gasteiger partial charge is 0.462 e. The maximum Gasteiger partial charge on any atom is 0.339 e. The molecule has 0 atom stereocenters. The molecule has 0 heterocycles. The number of rotatable bonds is 9. The zero-order valence-corrected chi connectivity index (χ0v) is 14.3. The molecule has 0 fully saturated rings. The summed E-state index contributed by atoms with van der Waals surface area (Å²) in [6.07, 6.45) is 2.42. The second kappa shape index (κ2) is 9.82. The third kappa shape index (κ3) is 7.13. The monoisotopic (exact) mass is 318 g/mol. The number of benzene rings is 1. The first-order chi connectivity index (χ1) is 10.9. The Bertz CT molecular complexity index is 546. The Kier molecular flexibility index (Phi) is 8.09. The topological polar surface area (TPSA) is 52.6 Å². The highest BCUT2D eigenvalue weighted by atomic mass is 16.5. The first kappa shape index (κ1) is 18.9. The van der Waals surface area contributed by atoms with Crippen LogP contribution in [0.4, 0.5) is 0 Å².